The van der Waals surface area contributed by atoms with Gasteiger partial charge in [-0.15, -0.1) is 0 Å². The molecule has 0 aromatic heterocycles. The van der Waals surface area contributed by atoms with Crippen LogP contribution in [0.15, 0.2) is 48.5 Å². The monoisotopic (exact) mass is 361 g/mol. The molecule has 0 radical (unpaired) electrons. The molecule has 2 aromatic carbocycles. The van der Waals surface area contributed by atoms with Crippen LogP contribution in [0.25, 0.3) is 0 Å². The maximum Gasteiger partial charge on any atom is 0.123 e. The van der Waals surface area contributed by atoms with Crippen molar-refractivity contribution in [2.45, 2.75) is 51.2 Å². The fourth-order valence-corrected chi connectivity index (χ4v) is 3.55. The van der Waals surface area contributed by atoms with Crippen LogP contribution in [0.5, 0.6) is 0 Å². The highest BCUT2D eigenvalue weighted by molar-refractivity contribution is 6.30. The molecule has 1 aliphatic rings. The third kappa shape index (κ3) is 5.04. The van der Waals surface area contributed by atoms with E-state index in [9.17, 15) is 4.39 Å². The summed E-state index contributed by atoms with van der Waals surface area (Å²) in [5.41, 5.74) is 2.31. The topological polar surface area (TPSA) is 12.5 Å². The summed E-state index contributed by atoms with van der Waals surface area (Å²) in [6.07, 6.45) is 5.29. The Morgan fingerprint density at radius 3 is 2.52 bits per heavy atom. The molecule has 0 bridgehead atoms. The molecule has 0 N–H and O–H groups in total. The average molecular weight is 362 g/mol. The predicted octanol–water partition coefficient (Wildman–Crippen LogP) is 5.96. The fraction of sp³-hybridized carbons (Fsp3) is 0.429. The van der Waals surface area contributed by atoms with Crippen LogP contribution in [-0.2, 0) is 11.3 Å². The Kier molecular flexibility index (Phi) is 6.46. The van der Waals surface area contributed by atoms with Gasteiger partial charge in [0.15, 0.2) is 0 Å². The Morgan fingerprint density at radius 2 is 1.84 bits per heavy atom. The van der Waals surface area contributed by atoms with Gasteiger partial charge < -0.3 is 0 Å². The van der Waals surface area contributed by atoms with Crippen LogP contribution in [0.3, 0.4) is 0 Å². The minimum absolute atomic E-state index is 0.0334. The molecule has 25 heavy (non-hydrogen) atoms. The van der Waals surface area contributed by atoms with Gasteiger partial charge in [0.1, 0.15) is 11.9 Å². The highest BCUT2D eigenvalue weighted by atomic mass is 35.5. The average Bonchev–Trinajstić information content (AvgIpc) is 2.64. The lowest BCUT2D eigenvalue weighted by atomic mass is 9.97. The van der Waals surface area contributed by atoms with E-state index in [4.69, 9.17) is 16.4 Å². The normalized spacial score (nSPS) is 19.7. The molecule has 2 nitrogen and oxygen atoms in total. The number of hydroxylamine groups is 2. The molecule has 1 fully saturated rings. The van der Waals surface area contributed by atoms with E-state index in [1.807, 2.05) is 36.4 Å². The van der Waals surface area contributed by atoms with E-state index in [2.05, 4.69) is 12.0 Å². The van der Waals surface area contributed by atoms with Crippen molar-refractivity contribution in [1.82, 2.24) is 5.06 Å². The summed E-state index contributed by atoms with van der Waals surface area (Å²) in [4.78, 5) is 6.39. The summed E-state index contributed by atoms with van der Waals surface area (Å²) in [6, 6.07) is 15.0. The first-order valence-electron chi connectivity index (χ1n) is 9.09. The molecule has 2 atom stereocenters. The van der Waals surface area contributed by atoms with Gasteiger partial charge in [-0.05, 0) is 61.1 Å². The molecule has 0 aliphatic carbocycles. The summed E-state index contributed by atoms with van der Waals surface area (Å²) in [5, 5.41) is 2.89. The lowest BCUT2D eigenvalue weighted by Crippen LogP contribution is -2.41. The quantitative estimate of drug-likeness (QED) is 0.629. The Bertz CT molecular complexity index is 659. The standard InChI is InChI=1S/C21H25ClFNO/c1-2-21(17-8-10-18(22)11-9-17)25-24-14-4-3-5-20(24)15-16-6-12-19(23)13-7-16/h6-13,20-21H,2-5,14-15H2,1H3. The van der Waals surface area contributed by atoms with E-state index in [0.717, 1.165) is 48.4 Å². The zero-order chi connectivity index (χ0) is 17.6. The van der Waals surface area contributed by atoms with Crippen molar-refractivity contribution in [1.29, 1.82) is 0 Å². The molecule has 0 spiro atoms. The minimum Gasteiger partial charge on any atom is -0.291 e. The summed E-state index contributed by atoms with van der Waals surface area (Å²) in [6.45, 7) is 3.08. The minimum atomic E-state index is -0.186. The summed E-state index contributed by atoms with van der Waals surface area (Å²) >= 11 is 6.00. The Hall–Kier alpha value is -1.42. The van der Waals surface area contributed by atoms with Gasteiger partial charge >= 0.3 is 0 Å². The third-order valence-electron chi connectivity index (χ3n) is 4.83. The van der Waals surface area contributed by atoms with Crippen LogP contribution in [0.2, 0.25) is 5.02 Å². The molecule has 4 heteroatoms. The smallest absolute Gasteiger partial charge is 0.123 e. The Labute approximate surface area is 154 Å². The van der Waals surface area contributed by atoms with Gasteiger partial charge in [-0.25, -0.2) is 4.39 Å². The van der Waals surface area contributed by atoms with Crippen molar-refractivity contribution in [2.24, 2.45) is 0 Å². The molecule has 134 valence electrons. The number of nitrogens with zero attached hydrogens (tertiary/aromatic N) is 1. The van der Waals surface area contributed by atoms with Crippen molar-refractivity contribution in [3.8, 4) is 0 Å². The van der Waals surface area contributed by atoms with Gasteiger partial charge in [0.2, 0.25) is 0 Å². The third-order valence-corrected chi connectivity index (χ3v) is 5.08. The van der Waals surface area contributed by atoms with Crippen LogP contribution in [-0.4, -0.2) is 17.6 Å². The second-order valence-corrected chi connectivity index (χ2v) is 7.11. The highest BCUT2D eigenvalue weighted by Gasteiger charge is 2.26. The van der Waals surface area contributed by atoms with Crippen LogP contribution < -0.4 is 0 Å². The molecule has 2 unspecified atom stereocenters. The Balaban J connectivity index is 1.69. The number of halogens is 2. The van der Waals surface area contributed by atoms with E-state index < -0.39 is 0 Å². The molecule has 2 aromatic rings. The molecule has 1 aliphatic heterocycles. The SMILES string of the molecule is CCC(ON1CCCCC1Cc1ccc(F)cc1)c1ccc(Cl)cc1. The van der Waals surface area contributed by atoms with Gasteiger partial charge in [-0.1, -0.05) is 49.2 Å². The maximum absolute atomic E-state index is 13.1. The number of hydrogen-bond donors (Lipinski definition) is 0. The first-order valence-corrected chi connectivity index (χ1v) is 9.47. The number of hydrogen-bond acceptors (Lipinski definition) is 2. The van der Waals surface area contributed by atoms with E-state index in [-0.39, 0.29) is 11.9 Å². The molecular weight excluding hydrogens is 337 g/mol. The van der Waals surface area contributed by atoms with Crippen molar-refractivity contribution in [3.05, 3.63) is 70.5 Å². The summed E-state index contributed by atoms with van der Waals surface area (Å²) in [7, 11) is 0. The van der Waals surface area contributed by atoms with E-state index in [1.54, 1.807) is 0 Å². The molecule has 1 saturated heterocycles. The van der Waals surface area contributed by atoms with Gasteiger partial charge in [-0.2, -0.15) is 5.06 Å². The molecule has 0 saturated carbocycles. The van der Waals surface area contributed by atoms with E-state index >= 15 is 0 Å². The summed E-state index contributed by atoms with van der Waals surface area (Å²) in [5.74, 6) is -0.186. The van der Waals surface area contributed by atoms with E-state index in [1.165, 1.54) is 18.6 Å². The van der Waals surface area contributed by atoms with Crippen molar-refractivity contribution < 1.29 is 9.23 Å². The number of rotatable bonds is 6. The first-order chi connectivity index (χ1) is 12.2. The van der Waals surface area contributed by atoms with Gasteiger partial charge in [0, 0.05) is 17.6 Å². The summed E-state index contributed by atoms with van der Waals surface area (Å²) < 4.78 is 13.1. The second-order valence-electron chi connectivity index (χ2n) is 6.67. The van der Waals surface area contributed by atoms with Gasteiger partial charge in [0.05, 0.1) is 0 Å². The van der Waals surface area contributed by atoms with Crippen LogP contribution >= 0.6 is 11.6 Å². The van der Waals surface area contributed by atoms with Crippen molar-refractivity contribution >= 4 is 11.6 Å². The number of benzene rings is 2. The number of piperidine rings is 1. The molecule has 0 amide bonds. The second kappa shape index (κ2) is 8.79. The fourth-order valence-electron chi connectivity index (χ4n) is 3.42. The predicted molar refractivity (Wildman–Crippen MR) is 100 cm³/mol. The highest BCUT2D eigenvalue weighted by Crippen LogP contribution is 2.29. The van der Waals surface area contributed by atoms with Crippen molar-refractivity contribution in [2.75, 3.05) is 6.54 Å². The Morgan fingerprint density at radius 1 is 1.12 bits per heavy atom. The van der Waals surface area contributed by atoms with Gasteiger partial charge in [-0.3, -0.25) is 4.84 Å². The molecule has 3 rings (SSSR count). The largest absolute Gasteiger partial charge is 0.291 e. The van der Waals surface area contributed by atoms with Crippen LogP contribution in [0.4, 0.5) is 4.39 Å². The lowest BCUT2D eigenvalue weighted by Gasteiger charge is -2.37. The van der Waals surface area contributed by atoms with Crippen LogP contribution in [0.1, 0.15) is 49.8 Å². The van der Waals surface area contributed by atoms with Gasteiger partial charge in [0.25, 0.3) is 0 Å². The zero-order valence-corrected chi connectivity index (χ0v) is 15.4. The lowest BCUT2D eigenvalue weighted by molar-refractivity contribution is -0.234. The first kappa shape index (κ1) is 18.4. The maximum atomic E-state index is 13.1. The molecule has 1 heterocycles. The van der Waals surface area contributed by atoms with Crippen molar-refractivity contribution in [3.63, 3.8) is 0 Å². The van der Waals surface area contributed by atoms with E-state index in [0.29, 0.717) is 6.04 Å². The molecular formula is C21H25ClFNO. The van der Waals surface area contributed by atoms with Crippen LogP contribution in [0, 0.1) is 5.82 Å². The zero-order valence-electron chi connectivity index (χ0n) is 14.6.